The minimum atomic E-state index is -0.599. The van der Waals surface area contributed by atoms with Gasteiger partial charge in [-0.25, -0.2) is 4.79 Å². The maximum absolute atomic E-state index is 13.2. The van der Waals surface area contributed by atoms with Gasteiger partial charge in [0, 0.05) is 31.4 Å². The van der Waals surface area contributed by atoms with E-state index in [-0.39, 0.29) is 18.0 Å². The van der Waals surface area contributed by atoms with Crippen LogP contribution in [-0.4, -0.2) is 78.8 Å². The molecule has 164 valence electrons. The smallest absolute Gasteiger partial charge is 0.322 e. The molecule has 2 aliphatic heterocycles. The van der Waals surface area contributed by atoms with Gasteiger partial charge in [-0.1, -0.05) is 0 Å². The number of urea groups is 1. The fourth-order valence-electron chi connectivity index (χ4n) is 3.81. The zero-order chi connectivity index (χ0) is 21.6. The Labute approximate surface area is 180 Å². The third kappa shape index (κ3) is 5.05. The number of benzene rings is 1. The number of nitrogens with one attached hydrogen (secondary N) is 1. The summed E-state index contributed by atoms with van der Waals surface area (Å²) in [5.74, 6) is 1.23. The minimum Gasteiger partial charge on any atom is -0.497 e. The summed E-state index contributed by atoms with van der Waals surface area (Å²) >= 11 is 0. The lowest BCUT2D eigenvalue weighted by atomic mass is 10.1. The zero-order valence-electron chi connectivity index (χ0n) is 17.4. The van der Waals surface area contributed by atoms with E-state index < -0.39 is 6.04 Å². The van der Waals surface area contributed by atoms with Crippen LogP contribution in [0.3, 0.4) is 0 Å². The Hall–Kier alpha value is -3.33. The molecule has 0 spiro atoms. The number of aromatic nitrogens is 1. The van der Waals surface area contributed by atoms with Crippen molar-refractivity contribution in [2.75, 3.05) is 45.3 Å². The monoisotopic (exact) mass is 426 g/mol. The highest BCUT2D eigenvalue weighted by atomic mass is 16.5. The van der Waals surface area contributed by atoms with E-state index in [1.165, 1.54) is 0 Å². The Kier molecular flexibility index (Phi) is 6.51. The molecule has 1 aromatic carbocycles. The van der Waals surface area contributed by atoms with Gasteiger partial charge in [0.15, 0.2) is 0 Å². The highest BCUT2D eigenvalue weighted by Gasteiger charge is 2.42. The number of rotatable bonds is 5. The molecular weight excluding hydrogens is 400 g/mol. The average molecular weight is 426 g/mol. The van der Waals surface area contributed by atoms with Crippen LogP contribution < -0.4 is 14.8 Å². The van der Waals surface area contributed by atoms with Crippen molar-refractivity contribution >= 4 is 17.6 Å². The van der Waals surface area contributed by atoms with Gasteiger partial charge < -0.3 is 29.3 Å². The van der Waals surface area contributed by atoms with Gasteiger partial charge in [0.2, 0.25) is 5.91 Å². The molecule has 3 heterocycles. The molecule has 0 radical (unpaired) electrons. The van der Waals surface area contributed by atoms with Crippen LogP contribution >= 0.6 is 0 Å². The van der Waals surface area contributed by atoms with Crippen LogP contribution in [0.15, 0.2) is 48.8 Å². The molecule has 1 N–H and O–H groups in total. The largest absolute Gasteiger partial charge is 0.497 e. The van der Waals surface area contributed by atoms with Gasteiger partial charge >= 0.3 is 6.03 Å². The number of hydrogen-bond donors (Lipinski definition) is 1. The van der Waals surface area contributed by atoms with E-state index in [0.29, 0.717) is 56.5 Å². The van der Waals surface area contributed by atoms with Gasteiger partial charge in [-0.2, -0.15) is 0 Å². The molecule has 1 aromatic heterocycles. The second-order valence-corrected chi connectivity index (χ2v) is 7.43. The molecule has 9 nitrogen and oxygen atoms in total. The van der Waals surface area contributed by atoms with E-state index in [4.69, 9.17) is 14.2 Å². The van der Waals surface area contributed by atoms with Gasteiger partial charge in [-0.05, 0) is 36.4 Å². The van der Waals surface area contributed by atoms with Crippen LogP contribution in [0.1, 0.15) is 6.42 Å². The van der Waals surface area contributed by atoms with E-state index in [1.807, 2.05) is 6.07 Å². The summed E-state index contributed by atoms with van der Waals surface area (Å²) in [7, 11) is 1.59. The Bertz CT molecular complexity index is 887. The lowest BCUT2D eigenvalue weighted by Crippen LogP contribution is -2.51. The molecule has 2 aromatic rings. The Morgan fingerprint density at radius 2 is 1.90 bits per heavy atom. The highest BCUT2D eigenvalue weighted by molar-refractivity contribution is 5.94. The molecule has 3 amide bonds. The normalized spacial score (nSPS) is 20.9. The molecule has 2 atom stereocenters. The first-order chi connectivity index (χ1) is 15.1. The number of carbonyl (C=O) groups excluding carboxylic acids is 2. The van der Waals surface area contributed by atoms with E-state index in [1.54, 1.807) is 59.6 Å². The molecule has 4 rings (SSSR count). The zero-order valence-corrected chi connectivity index (χ0v) is 17.4. The molecular formula is C22H26N4O5. The van der Waals surface area contributed by atoms with E-state index in [9.17, 15) is 9.59 Å². The second kappa shape index (κ2) is 9.65. The van der Waals surface area contributed by atoms with Crippen molar-refractivity contribution in [3.05, 3.63) is 48.8 Å². The predicted molar refractivity (Wildman–Crippen MR) is 113 cm³/mol. The average Bonchev–Trinajstić information content (AvgIpc) is 3.24. The van der Waals surface area contributed by atoms with E-state index >= 15 is 0 Å². The molecule has 9 heteroatoms. The van der Waals surface area contributed by atoms with Crippen molar-refractivity contribution in [1.82, 2.24) is 14.8 Å². The summed E-state index contributed by atoms with van der Waals surface area (Å²) < 4.78 is 16.5. The van der Waals surface area contributed by atoms with Crippen molar-refractivity contribution in [1.29, 1.82) is 0 Å². The van der Waals surface area contributed by atoms with Gasteiger partial charge in [-0.15, -0.1) is 0 Å². The lowest BCUT2D eigenvalue weighted by Gasteiger charge is -2.32. The lowest BCUT2D eigenvalue weighted by molar-refractivity contribution is -0.139. The maximum Gasteiger partial charge on any atom is 0.322 e. The molecule has 2 aliphatic rings. The fraction of sp³-hybridized carbons (Fsp3) is 0.409. The minimum absolute atomic E-state index is 0.0783. The molecule has 2 saturated heterocycles. The summed E-state index contributed by atoms with van der Waals surface area (Å²) in [5, 5.41) is 2.88. The topological polar surface area (TPSA) is 93.2 Å². The van der Waals surface area contributed by atoms with Gasteiger partial charge in [-0.3, -0.25) is 9.78 Å². The van der Waals surface area contributed by atoms with Gasteiger partial charge in [0.25, 0.3) is 0 Å². The molecule has 0 saturated carbocycles. The number of ether oxygens (including phenoxy) is 3. The number of pyridine rings is 1. The van der Waals surface area contributed by atoms with Crippen LogP contribution in [0.4, 0.5) is 10.5 Å². The number of methoxy groups -OCH3 is 1. The quantitative estimate of drug-likeness (QED) is 0.786. The number of anilines is 1. The number of amides is 3. The maximum atomic E-state index is 13.2. The molecule has 0 unspecified atom stereocenters. The summed E-state index contributed by atoms with van der Waals surface area (Å²) in [5.41, 5.74) is 0.625. The van der Waals surface area contributed by atoms with Crippen molar-refractivity contribution in [2.45, 2.75) is 18.6 Å². The first kappa shape index (κ1) is 20.9. The van der Waals surface area contributed by atoms with Gasteiger partial charge in [0.05, 0.1) is 33.1 Å². The van der Waals surface area contributed by atoms with E-state index in [2.05, 4.69) is 10.3 Å². The molecule has 0 bridgehead atoms. The van der Waals surface area contributed by atoms with Crippen molar-refractivity contribution in [3.8, 4) is 11.5 Å². The standard InChI is InChI=1S/C22H26N4O5/c1-29-17-6-4-16(5-7-17)24-22(28)26-15-19(31-18-3-2-8-23-14-18)13-20(26)21(27)25-9-11-30-12-10-25/h2-8,14,19-20H,9-13,15H2,1H3,(H,24,28)/t19-,20+/m0/s1. The summed E-state index contributed by atoms with van der Waals surface area (Å²) in [6.07, 6.45) is 3.40. The summed E-state index contributed by atoms with van der Waals surface area (Å²) in [4.78, 5) is 33.7. The first-order valence-electron chi connectivity index (χ1n) is 10.3. The van der Waals surface area contributed by atoms with Gasteiger partial charge in [0.1, 0.15) is 23.6 Å². The number of carbonyl (C=O) groups is 2. The third-order valence-electron chi connectivity index (χ3n) is 5.41. The number of hydrogen-bond acceptors (Lipinski definition) is 6. The fourth-order valence-corrected chi connectivity index (χ4v) is 3.81. The van der Waals surface area contributed by atoms with Crippen LogP contribution in [0.25, 0.3) is 0 Å². The van der Waals surface area contributed by atoms with Crippen molar-refractivity contribution < 1.29 is 23.8 Å². The number of likely N-dealkylation sites (tertiary alicyclic amines) is 1. The van der Waals surface area contributed by atoms with Crippen LogP contribution in [0, 0.1) is 0 Å². The Morgan fingerprint density at radius 3 is 2.58 bits per heavy atom. The first-order valence-corrected chi connectivity index (χ1v) is 10.3. The molecule has 0 aliphatic carbocycles. The summed E-state index contributed by atoms with van der Waals surface area (Å²) in [6.45, 7) is 2.37. The third-order valence-corrected chi connectivity index (χ3v) is 5.41. The predicted octanol–water partition coefficient (Wildman–Crippen LogP) is 2.00. The SMILES string of the molecule is COc1ccc(NC(=O)N2C[C@@H](Oc3cccnc3)C[C@@H]2C(=O)N2CCOCC2)cc1. The van der Waals surface area contributed by atoms with Crippen molar-refractivity contribution in [3.63, 3.8) is 0 Å². The Morgan fingerprint density at radius 1 is 1.13 bits per heavy atom. The van der Waals surface area contributed by atoms with E-state index in [0.717, 1.165) is 0 Å². The second-order valence-electron chi connectivity index (χ2n) is 7.43. The number of nitrogens with zero attached hydrogens (tertiary/aromatic N) is 3. The molecule has 2 fully saturated rings. The van der Waals surface area contributed by atoms with Crippen LogP contribution in [-0.2, 0) is 9.53 Å². The van der Waals surface area contributed by atoms with Crippen LogP contribution in [0.5, 0.6) is 11.5 Å². The number of morpholine rings is 1. The summed E-state index contributed by atoms with van der Waals surface area (Å²) in [6, 6.07) is 9.71. The highest BCUT2D eigenvalue weighted by Crippen LogP contribution is 2.26. The van der Waals surface area contributed by atoms with Crippen molar-refractivity contribution in [2.24, 2.45) is 0 Å². The molecule has 31 heavy (non-hydrogen) atoms. The van der Waals surface area contributed by atoms with Crippen LogP contribution in [0.2, 0.25) is 0 Å². The Balaban J connectivity index is 1.49.